The molecule has 10 heteroatoms. The van der Waals surface area contributed by atoms with E-state index in [2.05, 4.69) is 0 Å². The molecule has 0 bridgehead atoms. The van der Waals surface area contributed by atoms with Crippen LogP contribution in [0.15, 0.2) is 48.6 Å². The predicted molar refractivity (Wildman–Crippen MR) is 130 cm³/mol. The molecule has 0 radical (unpaired) electrons. The number of hydrazine groups is 1. The average molecular weight is 540 g/mol. The molecule has 1 saturated heterocycles. The third-order valence-corrected chi connectivity index (χ3v) is 7.30. The van der Waals surface area contributed by atoms with Gasteiger partial charge in [0.05, 0.1) is 26.9 Å². The highest BCUT2D eigenvalue weighted by atomic mass is 35.5. The zero-order valence-corrected chi connectivity index (χ0v) is 20.8. The monoisotopic (exact) mass is 538 g/mol. The molecule has 1 aliphatic carbocycles. The molecule has 6 nitrogen and oxygen atoms in total. The fourth-order valence-corrected chi connectivity index (χ4v) is 5.13. The first-order valence-electron chi connectivity index (χ1n) is 10.4. The normalized spacial score (nSPS) is 21.6. The Morgan fingerprint density at radius 2 is 1.71 bits per heavy atom. The first-order valence-corrected chi connectivity index (χ1v) is 11.9. The topological polar surface area (TPSA) is 74.8 Å². The van der Waals surface area contributed by atoms with Crippen LogP contribution in [0, 0.1) is 17.8 Å². The van der Waals surface area contributed by atoms with Gasteiger partial charge in [-0.05, 0) is 48.7 Å². The van der Waals surface area contributed by atoms with E-state index in [0.29, 0.717) is 11.4 Å². The Labute approximate surface area is 216 Å². The number of rotatable bonds is 5. The molecule has 34 heavy (non-hydrogen) atoms. The van der Waals surface area contributed by atoms with Gasteiger partial charge in [0.1, 0.15) is 6.54 Å². The smallest absolute Gasteiger partial charge is 0.273 e. The Morgan fingerprint density at radius 1 is 0.971 bits per heavy atom. The number of benzene rings is 2. The Morgan fingerprint density at radius 3 is 2.35 bits per heavy atom. The SMILES string of the molecule is C[C@@H]1C=CC[C@@H]2C(=O)N(N(CC(=O)c3ccc(Cl)cc3Cl)C(=O)c3ccc(Cl)c(Cl)c3)C(=O)[C@H]12. The Bertz CT molecular complexity index is 1250. The molecule has 0 aromatic heterocycles. The number of carbonyl (C=O) groups excluding carboxylic acids is 4. The molecule has 1 heterocycles. The van der Waals surface area contributed by atoms with Gasteiger partial charge in [0.2, 0.25) is 0 Å². The summed E-state index contributed by atoms with van der Waals surface area (Å²) in [6, 6.07) is 8.46. The van der Waals surface area contributed by atoms with E-state index in [9.17, 15) is 19.2 Å². The van der Waals surface area contributed by atoms with Crippen LogP contribution in [0.5, 0.6) is 0 Å². The summed E-state index contributed by atoms with van der Waals surface area (Å²) in [5.74, 6) is -3.80. The summed E-state index contributed by atoms with van der Waals surface area (Å²) >= 11 is 24.2. The summed E-state index contributed by atoms with van der Waals surface area (Å²) in [6.07, 6.45) is 4.10. The minimum Gasteiger partial charge on any atom is -0.292 e. The molecule has 4 rings (SSSR count). The largest absolute Gasteiger partial charge is 0.292 e. The Balaban J connectivity index is 1.74. The van der Waals surface area contributed by atoms with E-state index in [1.165, 1.54) is 36.4 Å². The molecule has 176 valence electrons. The number of carbonyl (C=O) groups is 4. The zero-order chi connectivity index (χ0) is 24.7. The van der Waals surface area contributed by atoms with Crippen molar-refractivity contribution in [2.45, 2.75) is 13.3 Å². The molecule has 0 saturated carbocycles. The van der Waals surface area contributed by atoms with Crippen LogP contribution in [0.2, 0.25) is 20.1 Å². The second-order valence-corrected chi connectivity index (χ2v) is 9.84. The van der Waals surface area contributed by atoms with Crippen LogP contribution in [-0.2, 0) is 9.59 Å². The van der Waals surface area contributed by atoms with Crippen LogP contribution in [0.3, 0.4) is 0 Å². The number of allylic oxidation sites excluding steroid dienone is 2. The van der Waals surface area contributed by atoms with E-state index in [0.717, 1.165) is 10.0 Å². The lowest BCUT2D eigenvalue weighted by molar-refractivity contribution is -0.154. The van der Waals surface area contributed by atoms with Crippen molar-refractivity contribution in [1.29, 1.82) is 0 Å². The van der Waals surface area contributed by atoms with E-state index in [1.807, 2.05) is 19.1 Å². The predicted octanol–water partition coefficient (Wildman–Crippen LogP) is 5.74. The van der Waals surface area contributed by atoms with Crippen LogP contribution >= 0.6 is 46.4 Å². The van der Waals surface area contributed by atoms with E-state index >= 15 is 0 Å². The van der Waals surface area contributed by atoms with Crippen LogP contribution in [0.25, 0.3) is 0 Å². The van der Waals surface area contributed by atoms with Crippen LogP contribution in [0.1, 0.15) is 34.1 Å². The van der Waals surface area contributed by atoms with Crippen LogP contribution < -0.4 is 0 Å². The highest BCUT2D eigenvalue weighted by Crippen LogP contribution is 2.39. The molecule has 2 aromatic rings. The van der Waals surface area contributed by atoms with Crippen molar-refractivity contribution in [3.8, 4) is 0 Å². The highest BCUT2D eigenvalue weighted by Gasteiger charge is 2.53. The molecule has 0 unspecified atom stereocenters. The van der Waals surface area contributed by atoms with E-state index in [4.69, 9.17) is 46.4 Å². The number of halogens is 4. The van der Waals surface area contributed by atoms with Gasteiger partial charge in [-0.25, -0.2) is 5.01 Å². The summed E-state index contributed by atoms with van der Waals surface area (Å²) in [4.78, 5) is 53.4. The number of Topliss-reactive ketones (excluding diaryl/α,β-unsaturated/α-hetero) is 1. The Kier molecular flexibility index (Phi) is 7.06. The van der Waals surface area contributed by atoms with E-state index < -0.39 is 41.9 Å². The molecule has 2 aromatic carbocycles. The summed E-state index contributed by atoms with van der Waals surface area (Å²) in [7, 11) is 0. The van der Waals surface area contributed by atoms with Crippen molar-refractivity contribution >= 4 is 69.9 Å². The number of amides is 3. The third kappa shape index (κ3) is 4.48. The highest BCUT2D eigenvalue weighted by molar-refractivity contribution is 6.42. The van der Waals surface area contributed by atoms with Crippen LogP contribution in [-0.4, -0.2) is 40.1 Å². The van der Waals surface area contributed by atoms with Gasteiger partial charge in [0.15, 0.2) is 5.78 Å². The Hall–Kier alpha value is -2.38. The molecule has 2 aliphatic rings. The summed E-state index contributed by atoms with van der Waals surface area (Å²) in [5, 5.41) is 2.43. The maximum Gasteiger partial charge on any atom is 0.273 e. The number of hydrogen-bond acceptors (Lipinski definition) is 4. The van der Waals surface area contributed by atoms with Crippen molar-refractivity contribution in [3.05, 3.63) is 79.8 Å². The lowest BCUT2D eigenvalue weighted by Gasteiger charge is -2.30. The maximum atomic E-state index is 13.5. The first kappa shape index (κ1) is 24.7. The maximum absolute atomic E-state index is 13.5. The lowest BCUT2D eigenvalue weighted by atomic mass is 9.78. The molecule has 3 atom stereocenters. The van der Waals surface area contributed by atoms with Gasteiger partial charge in [-0.3, -0.25) is 19.2 Å². The van der Waals surface area contributed by atoms with Crippen molar-refractivity contribution in [2.24, 2.45) is 17.8 Å². The average Bonchev–Trinajstić information content (AvgIpc) is 3.04. The van der Waals surface area contributed by atoms with Gasteiger partial charge >= 0.3 is 0 Å². The number of imide groups is 1. The van der Waals surface area contributed by atoms with Gasteiger partial charge < -0.3 is 0 Å². The summed E-state index contributed by atoms with van der Waals surface area (Å²) in [6.45, 7) is 1.24. The molecule has 1 fully saturated rings. The molecule has 1 aliphatic heterocycles. The number of ketones is 1. The summed E-state index contributed by atoms with van der Waals surface area (Å²) < 4.78 is 0. The lowest BCUT2D eigenvalue weighted by Crippen LogP contribution is -2.52. The second kappa shape index (κ2) is 9.70. The van der Waals surface area contributed by atoms with E-state index in [1.54, 1.807) is 0 Å². The van der Waals surface area contributed by atoms with Gasteiger partial charge in [0.25, 0.3) is 17.7 Å². The van der Waals surface area contributed by atoms with Crippen molar-refractivity contribution < 1.29 is 19.2 Å². The first-order chi connectivity index (χ1) is 16.1. The van der Waals surface area contributed by atoms with Gasteiger partial charge in [-0.15, -0.1) is 0 Å². The molecule has 0 N–H and O–H groups in total. The fraction of sp³-hybridized carbons (Fsp3) is 0.250. The van der Waals surface area contributed by atoms with Gasteiger partial charge in [-0.1, -0.05) is 65.5 Å². The molecular formula is C24H18Cl4N2O4. The van der Waals surface area contributed by atoms with Crippen LogP contribution in [0.4, 0.5) is 0 Å². The quantitative estimate of drug-likeness (QED) is 0.276. The van der Waals surface area contributed by atoms with Gasteiger partial charge in [-0.2, -0.15) is 5.01 Å². The number of fused-ring (bicyclic) bond motifs is 1. The fourth-order valence-electron chi connectivity index (χ4n) is 4.32. The molecule has 0 spiro atoms. The van der Waals surface area contributed by atoms with Gasteiger partial charge in [0, 0.05) is 16.1 Å². The molecular weight excluding hydrogens is 522 g/mol. The zero-order valence-electron chi connectivity index (χ0n) is 17.8. The molecule has 3 amide bonds. The number of hydrogen-bond donors (Lipinski definition) is 0. The van der Waals surface area contributed by atoms with E-state index in [-0.39, 0.29) is 32.1 Å². The standard InChI is InChI=1S/C24H18Cl4N2O4/c1-12-3-2-4-16-21(12)24(34)30(23(16)33)29(22(32)13-5-8-17(26)19(28)9-13)11-20(31)15-7-6-14(25)10-18(15)27/h2-3,5-10,12,16,21H,4,11H2,1H3/t12-,16+,21-/m1/s1. The minimum absolute atomic E-state index is 0.0612. The minimum atomic E-state index is -0.752. The third-order valence-electron chi connectivity index (χ3n) is 6.02. The van der Waals surface area contributed by atoms with Crippen molar-refractivity contribution in [1.82, 2.24) is 10.0 Å². The number of nitrogens with zero attached hydrogens (tertiary/aromatic N) is 2. The van der Waals surface area contributed by atoms with Crippen molar-refractivity contribution in [2.75, 3.05) is 6.54 Å². The van der Waals surface area contributed by atoms with Crippen molar-refractivity contribution in [3.63, 3.8) is 0 Å². The second-order valence-electron chi connectivity index (χ2n) is 8.18. The summed E-state index contributed by atoms with van der Waals surface area (Å²) in [5.41, 5.74) is 0.163.